The minimum Gasteiger partial charge on any atom is -0.378 e. The predicted octanol–water partition coefficient (Wildman–Crippen LogP) is 5.49. The molecule has 3 aromatic carbocycles. The second kappa shape index (κ2) is 11.6. The van der Waals surface area contributed by atoms with Crippen molar-refractivity contribution in [3.63, 3.8) is 0 Å². The Morgan fingerprint density at radius 1 is 0.977 bits per heavy atom. The van der Waals surface area contributed by atoms with Crippen molar-refractivity contribution in [2.75, 3.05) is 24.3 Å². The van der Waals surface area contributed by atoms with Crippen LogP contribution < -0.4 is 25.1 Å². The van der Waals surface area contributed by atoms with Crippen LogP contribution in [0.5, 0.6) is 0 Å². The lowest BCUT2D eigenvalue weighted by Crippen LogP contribution is -2.40. The van der Waals surface area contributed by atoms with Crippen LogP contribution in [-0.4, -0.2) is 29.1 Å². The molecule has 1 atom stereocenters. The molecule has 222 valence electrons. The fourth-order valence-corrected chi connectivity index (χ4v) is 6.70. The fourth-order valence-electron chi connectivity index (χ4n) is 5.66. The number of amides is 1. The van der Waals surface area contributed by atoms with Crippen molar-refractivity contribution in [3.8, 4) is 5.69 Å². The lowest BCUT2D eigenvalue weighted by molar-refractivity contribution is -0.113. The Morgan fingerprint density at radius 3 is 2.32 bits per heavy atom. The Morgan fingerprint density at radius 2 is 1.66 bits per heavy atom. The van der Waals surface area contributed by atoms with Gasteiger partial charge in [0, 0.05) is 42.5 Å². The van der Waals surface area contributed by atoms with Gasteiger partial charge >= 0.3 is 0 Å². The van der Waals surface area contributed by atoms with E-state index in [1.807, 2.05) is 52.2 Å². The molecule has 1 aliphatic rings. The first-order chi connectivity index (χ1) is 21.1. The maximum absolute atomic E-state index is 14.1. The lowest BCUT2D eigenvalue weighted by Gasteiger charge is -2.25. The molecular formula is C35H32FN5O2S. The van der Waals surface area contributed by atoms with Crippen LogP contribution in [0.25, 0.3) is 11.8 Å². The zero-order valence-electron chi connectivity index (χ0n) is 25.1. The van der Waals surface area contributed by atoms with E-state index in [4.69, 9.17) is 4.99 Å². The molecule has 3 heterocycles. The highest BCUT2D eigenvalue weighted by atomic mass is 32.1. The highest BCUT2D eigenvalue weighted by molar-refractivity contribution is 7.07. The normalized spacial score (nSPS) is 14.8. The van der Waals surface area contributed by atoms with Crippen LogP contribution in [-0.2, 0) is 4.79 Å². The van der Waals surface area contributed by atoms with Crippen LogP contribution in [0.4, 0.5) is 15.8 Å². The molecule has 5 aromatic rings. The highest BCUT2D eigenvalue weighted by Gasteiger charge is 2.32. The average Bonchev–Trinajstić information content (AvgIpc) is 3.46. The van der Waals surface area contributed by atoms with Crippen LogP contribution in [0.2, 0.25) is 0 Å². The molecule has 0 saturated heterocycles. The number of anilines is 2. The molecule has 9 heteroatoms. The Labute approximate surface area is 258 Å². The van der Waals surface area contributed by atoms with Crippen molar-refractivity contribution in [3.05, 3.63) is 144 Å². The van der Waals surface area contributed by atoms with E-state index >= 15 is 0 Å². The van der Waals surface area contributed by atoms with Crippen molar-refractivity contribution < 1.29 is 9.18 Å². The number of halogens is 1. The van der Waals surface area contributed by atoms with Gasteiger partial charge in [0.05, 0.1) is 21.8 Å². The van der Waals surface area contributed by atoms with E-state index in [9.17, 15) is 14.0 Å². The first kappa shape index (κ1) is 29.1. The summed E-state index contributed by atoms with van der Waals surface area (Å²) in [6.45, 7) is 5.84. The molecule has 0 spiro atoms. The number of allylic oxidation sites excluding steroid dienone is 1. The molecular weight excluding hydrogens is 573 g/mol. The van der Waals surface area contributed by atoms with Gasteiger partial charge in [-0.05, 0) is 92.6 Å². The number of rotatable bonds is 6. The highest BCUT2D eigenvalue weighted by Crippen LogP contribution is 2.31. The largest absolute Gasteiger partial charge is 0.378 e. The number of fused-ring (bicyclic) bond motifs is 1. The number of aromatic nitrogens is 2. The van der Waals surface area contributed by atoms with Gasteiger partial charge in [-0.3, -0.25) is 14.2 Å². The molecule has 2 aromatic heterocycles. The maximum atomic E-state index is 14.1. The molecule has 6 rings (SSSR count). The number of aryl methyl sites for hydroxylation is 1. The van der Waals surface area contributed by atoms with Crippen LogP contribution in [0.15, 0.2) is 106 Å². The molecule has 1 amide bonds. The summed E-state index contributed by atoms with van der Waals surface area (Å²) in [5, 5.41) is 2.94. The zero-order chi connectivity index (χ0) is 31.1. The van der Waals surface area contributed by atoms with Gasteiger partial charge in [-0.15, -0.1) is 0 Å². The molecule has 0 unspecified atom stereocenters. The number of carbonyl (C=O) groups excluding carboxylic acids is 1. The van der Waals surface area contributed by atoms with Crippen LogP contribution in [0.1, 0.15) is 35.5 Å². The van der Waals surface area contributed by atoms with Gasteiger partial charge < -0.3 is 14.8 Å². The fraction of sp³-hybridized carbons (Fsp3) is 0.171. The molecule has 0 fully saturated rings. The number of carbonyl (C=O) groups is 1. The number of benzene rings is 3. The smallest absolute Gasteiger partial charge is 0.271 e. The van der Waals surface area contributed by atoms with Crippen molar-refractivity contribution in [1.82, 2.24) is 9.13 Å². The Bertz CT molecular complexity index is 2090. The molecule has 0 aliphatic carbocycles. The van der Waals surface area contributed by atoms with Gasteiger partial charge in [0.2, 0.25) is 0 Å². The minimum absolute atomic E-state index is 0.263. The number of hydrogen-bond donors (Lipinski definition) is 1. The molecule has 0 radical (unpaired) electrons. The van der Waals surface area contributed by atoms with Crippen molar-refractivity contribution in [1.29, 1.82) is 0 Å². The molecule has 44 heavy (non-hydrogen) atoms. The number of nitrogens with zero attached hydrogens (tertiary/aromatic N) is 4. The van der Waals surface area contributed by atoms with E-state index in [0.717, 1.165) is 28.3 Å². The van der Waals surface area contributed by atoms with Gasteiger partial charge in [0.1, 0.15) is 5.82 Å². The van der Waals surface area contributed by atoms with E-state index in [1.165, 1.54) is 23.5 Å². The standard InChI is InChI=1S/C35H32FN5O2S/c1-21-19-25(23(3)40(21)29-17-15-28(16-18-29)39(4)5)20-30-34(43)41-32(24-11-13-26(36)14-12-24)31(22(2)37-35(41)44-30)33(42)38-27-9-7-6-8-10-27/h6-20,32H,1-5H3,(H,38,42)/b30-20+/t32-/m0/s1. The second-order valence-corrected chi connectivity index (χ2v) is 12.0. The SMILES string of the molecule is CC1=C(C(=O)Nc2ccccc2)[C@H](c2ccc(F)cc2)n2c(s/c(=C/c3cc(C)n(-c4ccc(N(C)C)cc4)c3C)c2=O)=N1. The van der Waals surface area contributed by atoms with Gasteiger partial charge in [-0.25, -0.2) is 9.38 Å². The van der Waals surface area contributed by atoms with Crippen molar-refractivity contribution in [2.24, 2.45) is 4.99 Å². The van der Waals surface area contributed by atoms with Gasteiger partial charge in [0.25, 0.3) is 11.5 Å². The third kappa shape index (κ3) is 5.31. The third-order valence-electron chi connectivity index (χ3n) is 7.86. The van der Waals surface area contributed by atoms with Crippen LogP contribution in [0.3, 0.4) is 0 Å². The zero-order valence-corrected chi connectivity index (χ0v) is 25.9. The monoisotopic (exact) mass is 605 g/mol. The van der Waals surface area contributed by atoms with Gasteiger partial charge in [-0.1, -0.05) is 41.7 Å². The summed E-state index contributed by atoms with van der Waals surface area (Å²) in [5.74, 6) is -0.770. The molecule has 0 saturated carbocycles. The third-order valence-corrected chi connectivity index (χ3v) is 8.85. The quantitative estimate of drug-likeness (QED) is 0.279. The first-order valence-electron chi connectivity index (χ1n) is 14.2. The van der Waals surface area contributed by atoms with Crippen LogP contribution in [0, 0.1) is 19.7 Å². The summed E-state index contributed by atoms with van der Waals surface area (Å²) in [6, 6.07) is 24.6. The number of nitrogens with one attached hydrogen (secondary N) is 1. The Hall–Kier alpha value is -5.02. The molecule has 1 N–H and O–H groups in total. The van der Waals surface area contributed by atoms with Crippen LogP contribution >= 0.6 is 11.3 Å². The number of hydrogen-bond acceptors (Lipinski definition) is 5. The van der Waals surface area contributed by atoms with E-state index in [-0.39, 0.29) is 11.5 Å². The summed E-state index contributed by atoms with van der Waals surface area (Å²) in [7, 11) is 4.02. The summed E-state index contributed by atoms with van der Waals surface area (Å²) >= 11 is 1.28. The Kier molecular flexibility index (Phi) is 7.65. The van der Waals surface area contributed by atoms with E-state index in [2.05, 4.69) is 45.1 Å². The summed E-state index contributed by atoms with van der Waals surface area (Å²) < 4.78 is 18.2. The summed E-state index contributed by atoms with van der Waals surface area (Å²) in [6.07, 6.45) is 1.89. The molecule has 1 aliphatic heterocycles. The second-order valence-electron chi connectivity index (χ2n) is 11.0. The van der Waals surface area contributed by atoms with E-state index < -0.39 is 11.9 Å². The minimum atomic E-state index is -0.777. The number of thiazole rings is 1. The van der Waals surface area contributed by atoms with Crippen molar-refractivity contribution in [2.45, 2.75) is 26.8 Å². The molecule has 7 nitrogen and oxygen atoms in total. The average molecular weight is 606 g/mol. The summed E-state index contributed by atoms with van der Waals surface area (Å²) in [5.41, 5.74) is 6.91. The first-order valence-corrected chi connectivity index (χ1v) is 15.0. The maximum Gasteiger partial charge on any atom is 0.271 e. The lowest BCUT2D eigenvalue weighted by atomic mass is 9.95. The van der Waals surface area contributed by atoms with E-state index in [0.29, 0.717) is 31.9 Å². The summed E-state index contributed by atoms with van der Waals surface area (Å²) in [4.78, 5) is 35.1. The molecule has 0 bridgehead atoms. The topological polar surface area (TPSA) is 71.6 Å². The van der Waals surface area contributed by atoms with Gasteiger partial charge in [0.15, 0.2) is 4.80 Å². The van der Waals surface area contributed by atoms with E-state index in [1.54, 1.807) is 35.8 Å². The number of para-hydroxylation sites is 1. The van der Waals surface area contributed by atoms with Crippen molar-refractivity contribution >= 4 is 34.7 Å². The Balaban J connectivity index is 1.46. The predicted molar refractivity (Wildman–Crippen MR) is 175 cm³/mol. The van der Waals surface area contributed by atoms with Gasteiger partial charge in [-0.2, -0.15) is 0 Å².